The first-order valence-corrected chi connectivity index (χ1v) is 6.95. The summed E-state index contributed by atoms with van der Waals surface area (Å²) in [5.74, 6) is -0.242. The molecule has 1 aromatic heterocycles. The second-order valence-corrected chi connectivity index (χ2v) is 4.78. The van der Waals surface area contributed by atoms with E-state index in [4.69, 9.17) is 0 Å². The van der Waals surface area contributed by atoms with E-state index in [1.54, 1.807) is 17.9 Å². The summed E-state index contributed by atoms with van der Waals surface area (Å²) in [5, 5.41) is 10.3. The average Bonchev–Trinajstić information content (AvgIpc) is 2.91. The lowest BCUT2D eigenvalue weighted by Crippen LogP contribution is -2.38. The molecule has 2 aromatic rings. The number of rotatable bonds is 5. The maximum Gasteiger partial charge on any atom is 0.191 e. The molecule has 118 valence electrons. The minimum absolute atomic E-state index is 0.342. The Morgan fingerprint density at radius 2 is 2.09 bits per heavy atom. The predicted octanol–water partition coefficient (Wildman–Crippen LogP) is 1.61. The summed E-state index contributed by atoms with van der Waals surface area (Å²) in [5.41, 5.74) is 1.36. The van der Waals surface area contributed by atoms with Crippen LogP contribution in [0, 0.1) is 11.6 Å². The molecule has 1 heterocycles. The van der Waals surface area contributed by atoms with E-state index in [-0.39, 0.29) is 0 Å². The van der Waals surface area contributed by atoms with Gasteiger partial charge in [0.15, 0.2) is 5.96 Å². The molecule has 0 bridgehead atoms. The highest BCUT2D eigenvalue weighted by molar-refractivity contribution is 5.79. The Hall–Kier alpha value is -2.44. The lowest BCUT2D eigenvalue weighted by Gasteiger charge is -2.12. The van der Waals surface area contributed by atoms with Gasteiger partial charge in [-0.25, -0.2) is 8.78 Å². The number of benzene rings is 1. The largest absolute Gasteiger partial charge is 0.356 e. The van der Waals surface area contributed by atoms with E-state index in [0.29, 0.717) is 31.0 Å². The van der Waals surface area contributed by atoms with Gasteiger partial charge in [0.25, 0.3) is 0 Å². The van der Waals surface area contributed by atoms with E-state index in [0.717, 1.165) is 17.8 Å². The molecular weight excluding hydrogens is 288 g/mol. The molecule has 0 aliphatic heterocycles. The maximum atomic E-state index is 13.5. The van der Waals surface area contributed by atoms with Crippen molar-refractivity contribution in [2.75, 3.05) is 13.6 Å². The highest BCUT2D eigenvalue weighted by Gasteiger charge is 2.05. The maximum absolute atomic E-state index is 13.5. The Labute approximate surface area is 128 Å². The van der Waals surface area contributed by atoms with Gasteiger partial charge in [-0.15, -0.1) is 0 Å². The number of aliphatic imine (C=N–C) groups is 1. The minimum atomic E-state index is -0.435. The SMILES string of the molecule is CN=C(NCCc1cc(F)ccc1F)NCc1ccnn1C. The lowest BCUT2D eigenvalue weighted by molar-refractivity contribution is 0.583. The lowest BCUT2D eigenvalue weighted by atomic mass is 10.1. The molecule has 1 aromatic carbocycles. The molecular formula is C15H19F2N5. The minimum Gasteiger partial charge on any atom is -0.356 e. The summed E-state index contributed by atoms with van der Waals surface area (Å²) >= 11 is 0. The molecule has 0 amide bonds. The van der Waals surface area contributed by atoms with Gasteiger partial charge in [-0.1, -0.05) is 0 Å². The van der Waals surface area contributed by atoms with Crippen LogP contribution in [0.15, 0.2) is 35.5 Å². The third-order valence-corrected chi connectivity index (χ3v) is 3.28. The van der Waals surface area contributed by atoms with E-state index in [1.165, 1.54) is 6.07 Å². The van der Waals surface area contributed by atoms with Crippen LogP contribution in [0.4, 0.5) is 8.78 Å². The molecule has 0 fully saturated rings. The van der Waals surface area contributed by atoms with Crippen LogP contribution in [0.5, 0.6) is 0 Å². The molecule has 7 heteroatoms. The fraction of sp³-hybridized carbons (Fsp3) is 0.333. The van der Waals surface area contributed by atoms with Gasteiger partial charge in [0.05, 0.1) is 12.2 Å². The first kappa shape index (κ1) is 15.9. The molecule has 0 radical (unpaired) electrons. The molecule has 0 unspecified atom stereocenters. The van der Waals surface area contributed by atoms with Crippen molar-refractivity contribution in [1.29, 1.82) is 0 Å². The van der Waals surface area contributed by atoms with Gasteiger partial charge in [0.2, 0.25) is 0 Å². The second kappa shape index (κ2) is 7.53. The van der Waals surface area contributed by atoms with Crippen molar-refractivity contribution in [3.63, 3.8) is 0 Å². The number of hydrogen-bond donors (Lipinski definition) is 2. The van der Waals surface area contributed by atoms with E-state index >= 15 is 0 Å². The molecule has 0 atom stereocenters. The third kappa shape index (κ3) is 4.28. The molecule has 22 heavy (non-hydrogen) atoms. The highest BCUT2D eigenvalue weighted by Crippen LogP contribution is 2.09. The zero-order chi connectivity index (χ0) is 15.9. The Bertz CT molecular complexity index is 651. The molecule has 2 rings (SSSR count). The smallest absolute Gasteiger partial charge is 0.191 e. The van der Waals surface area contributed by atoms with Gasteiger partial charge in [0, 0.05) is 26.8 Å². The van der Waals surface area contributed by atoms with E-state index in [1.807, 2.05) is 13.1 Å². The molecule has 0 spiro atoms. The zero-order valence-corrected chi connectivity index (χ0v) is 12.6. The Kier molecular flexibility index (Phi) is 5.46. The number of halogens is 2. The molecule has 0 aliphatic rings. The standard InChI is InChI=1S/C15H19F2N5/c1-18-15(20-10-13-6-8-21-22(13)2)19-7-5-11-9-12(16)3-4-14(11)17/h3-4,6,8-9H,5,7,10H2,1-2H3,(H2,18,19,20). The van der Waals surface area contributed by atoms with Crippen molar-refractivity contribution in [3.05, 3.63) is 53.4 Å². The first-order chi connectivity index (χ1) is 10.6. The Morgan fingerprint density at radius 3 is 2.77 bits per heavy atom. The zero-order valence-electron chi connectivity index (χ0n) is 12.6. The summed E-state index contributed by atoms with van der Waals surface area (Å²) in [6.07, 6.45) is 2.09. The number of aryl methyl sites for hydroxylation is 1. The summed E-state index contributed by atoms with van der Waals surface area (Å²) in [6, 6.07) is 5.37. The van der Waals surface area contributed by atoms with Crippen molar-refractivity contribution in [2.45, 2.75) is 13.0 Å². The van der Waals surface area contributed by atoms with Crippen molar-refractivity contribution < 1.29 is 8.78 Å². The highest BCUT2D eigenvalue weighted by atomic mass is 19.1. The van der Waals surface area contributed by atoms with Gasteiger partial charge >= 0.3 is 0 Å². The van der Waals surface area contributed by atoms with Crippen LogP contribution >= 0.6 is 0 Å². The fourth-order valence-corrected chi connectivity index (χ4v) is 2.02. The number of guanidine groups is 1. The van der Waals surface area contributed by atoms with Crippen LogP contribution in [0.3, 0.4) is 0 Å². The molecule has 0 saturated heterocycles. The van der Waals surface area contributed by atoms with Crippen LogP contribution in [0.25, 0.3) is 0 Å². The van der Waals surface area contributed by atoms with Gasteiger partial charge in [-0.2, -0.15) is 5.10 Å². The topological polar surface area (TPSA) is 54.2 Å². The van der Waals surface area contributed by atoms with Crippen LogP contribution in [-0.4, -0.2) is 29.3 Å². The van der Waals surface area contributed by atoms with Crippen molar-refractivity contribution in [2.24, 2.45) is 12.0 Å². The third-order valence-electron chi connectivity index (χ3n) is 3.28. The normalized spacial score (nSPS) is 11.5. The summed E-state index contributed by atoms with van der Waals surface area (Å²) in [4.78, 5) is 4.09. The summed E-state index contributed by atoms with van der Waals surface area (Å²) in [6.45, 7) is 1.02. The average molecular weight is 307 g/mol. The summed E-state index contributed by atoms with van der Waals surface area (Å²) in [7, 11) is 3.52. The number of aromatic nitrogens is 2. The van der Waals surface area contributed by atoms with Crippen LogP contribution in [0.2, 0.25) is 0 Å². The summed E-state index contributed by atoms with van der Waals surface area (Å²) < 4.78 is 28.4. The van der Waals surface area contributed by atoms with Gasteiger partial charge in [0.1, 0.15) is 11.6 Å². The molecule has 0 saturated carbocycles. The second-order valence-electron chi connectivity index (χ2n) is 4.78. The molecule has 5 nitrogen and oxygen atoms in total. The van der Waals surface area contributed by atoms with Crippen LogP contribution in [-0.2, 0) is 20.0 Å². The fourth-order valence-electron chi connectivity index (χ4n) is 2.02. The van der Waals surface area contributed by atoms with Gasteiger partial charge in [-0.3, -0.25) is 9.67 Å². The quantitative estimate of drug-likeness (QED) is 0.652. The van der Waals surface area contributed by atoms with E-state index in [2.05, 4.69) is 20.7 Å². The van der Waals surface area contributed by atoms with Gasteiger partial charge < -0.3 is 10.6 Å². The first-order valence-electron chi connectivity index (χ1n) is 6.95. The van der Waals surface area contributed by atoms with E-state index in [9.17, 15) is 8.78 Å². The van der Waals surface area contributed by atoms with Crippen molar-refractivity contribution in [3.8, 4) is 0 Å². The Balaban J connectivity index is 1.81. The van der Waals surface area contributed by atoms with Crippen molar-refractivity contribution >= 4 is 5.96 Å². The monoisotopic (exact) mass is 307 g/mol. The van der Waals surface area contributed by atoms with Crippen LogP contribution in [0.1, 0.15) is 11.3 Å². The molecule has 0 aliphatic carbocycles. The predicted molar refractivity (Wildman–Crippen MR) is 81.5 cm³/mol. The number of nitrogens with one attached hydrogen (secondary N) is 2. The number of nitrogens with zero attached hydrogens (tertiary/aromatic N) is 3. The Morgan fingerprint density at radius 1 is 1.27 bits per heavy atom. The number of hydrogen-bond acceptors (Lipinski definition) is 2. The molecule has 2 N–H and O–H groups in total. The van der Waals surface area contributed by atoms with Crippen molar-refractivity contribution in [1.82, 2.24) is 20.4 Å². The van der Waals surface area contributed by atoms with Gasteiger partial charge in [-0.05, 0) is 36.2 Å². The van der Waals surface area contributed by atoms with E-state index < -0.39 is 11.6 Å². The van der Waals surface area contributed by atoms with Crippen LogP contribution < -0.4 is 10.6 Å².